The van der Waals surface area contributed by atoms with Gasteiger partial charge in [-0.15, -0.1) is 0 Å². The van der Waals surface area contributed by atoms with Crippen molar-refractivity contribution >= 4 is 5.78 Å². The molecule has 154 valence electrons. The molecule has 0 bridgehead atoms. The van der Waals surface area contributed by atoms with E-state index in [4.69, 9.17) is 4.74 Å². The van der Waals surface area contributed by atoms with Crippen molar-refractivity contribution in [2.75, 3.05) is 13.2 Å². The van der Waals surface area contributed by atoms with Gasteiger partial charge in [-0.3, -0.25) is 4.79 Å². The molecule has 0 heterocycles. The van der Waals surface area contributed by atoms with E-state index in [0.29, 0.717) is 17.6 Å². The second-order valence-corrected chi connectivity index (χ2v) is 11.0. The maximum atomic E-state index is 12.3. The molecule has 0 saturated heterocycles. The van der Waals surface area contributed by atoms with Gasteiger partial charge in [-0.05, 0) is 113 Å². The van der Waals surface area contributed by atoms with E-state index in [0.717, 1.165) is 50.7 Å². The number of Topliss-reactive ketones (excluding diaryl/α,β-unsaturated/α-hetero) is 1. The molecular formula is C24H40O3. The minimum absolute atomic E-state index is 0.229. The number of hydrogen-bond donors (Lipinski definition) is 1. The molecule has 27 heavy (non-hydrogen) atoms. The molecule has 0 unspecified atom stereocenters. The fourth-order valence-electron chi connectivity index (χ4n) is 8.47. The van der Waals surface area contributed by atoms with E-state index in [2.05, 4.69) is 13.8 Å². The highest BCUT2D eigenvalue weighted by Gasteiger charge is 2.62. The molecule has 0 spiro atoms. The molecule has 3 heteroatoms. The van der Waals surface area contributed by atoms with Crippen molar-refractivity contribution in [2.45, 2.75) is 91.1 Å². The molecule has 0 aliphatic heterocycles. The number of aliphatic hydroxyl groups is 1. The number of carbonyl (C=O) groups is 1. The molecule has 0 aromatic heterocycles. The molecular weight excluding hydrogens is 336 g/mol. The predicted octanol–water partition coefficient (Wildman–Crippen LogP) is 5.00. The maximum absolute atomic E-state index is 12.3. The van der Waals surface area contributed by atoms with E-state index in [-0.39, 0.29) is 16.7 Å². The molecule has 4 aliphatic rings. The molecule has 0 amide bonds. The van der Waals surface area contributed by atoms with Gasteiger partial charge >= 0.3 is 0 Å². The van der Waals surface area contributed by atoms with Crippen molar-refractivity contribution in [1.82, 2.24) is 0 Å². The fourth-order valence-corrected chi connectivity index (χ4v) is 8.47. The first-order chi connectivity index (χ1) is 12.7. The second-order valence-electron chi connectivity index (χ2n) is 11.0. The van der Waals surface area contributed by atoms with Crippen LogP contribution in [0, 0.1) is 40.4 Å². The highest BCUT2D eigenvalue weighted by molar-refractivity contribution is 5.79. The van der Waals surface area contributed by atoms with E-state index in [1.54, 1.807) is 0 Å². The van der Waals surface area contributed by atoms with Crippen LogP contribution in [0.5, 0.6) is 0 Å². The average Bonchev–Trinajstić information content (AvgIpc) is 2.97. The zero-order valence-corrected chi connectivity index (χ0v) is 17.9. The predicted molar refractivity (Wildman–Crippen MR) is 107 cm³/mol. The van der Waals surface area contributed by atoms with Gasteiger partial charge in [-0.25, -0.2) is 0 Å². The Kier molecular flexibility index (Phi) is 5.03. The third-order valence-corrected chi connectivity index (χ3v) is 9.72. The van der Waals surface area contributed by atoms with E-state index >= 15 is 0 Å². The highest BCUT2D eigenvalue weighted by Crippen LogP contribution is 2.68. The molecule has 3 nitrogen and oxygen atoms in total. The molecule has 0 aromatic carbocycles. The van der Waals surface area contributed by atoms with Crippen LogP contribution in [0.4, 0.5) is 0 Å². The number of carbonyl (C=O) groups excluding carboxylic acids is 1. The second kappa shape index (κ2) is 6.83. The zero-order chi connectivity index (χ0) is 19.4. The van der Waals surface area contributed by atoms with Crippen molar-refractivity contribution < 1.29 is 14.6 Å². The molecule has 0 aromatic rings. The highest BCUT2D eigenvalue weighted by atomic mass is 16.5. The lowest BCUT2D eigenvalue weighted by Crippen LogP contribution is -2.58. The number of fused-ring (bicyclic) bond motifs is 5. The smallest absolute Gasteiger partial charge is 0.133 e. The Morgan fingerprint density at radius 3 is 2.52 bits per heavy atom. The Hall–Kier alpha value is -0.410. The van der Waals surface area contributed by atoms with Crippen molar-refractivity contribution in [2.24, 2.45) is 40.4 Å². The van der Waals surface area contributed by atoms with Crippen molar-refractivity contribution in [3.8, 4) is 0 Å². The first-order valence-corrected chi connectivity index (χ1v) is 11.5. The Labute approximate surface area is 165 Å². The molecule has 8 atom stereocenters. The quantitative estimate of drug-likeness (QED) is 0.751. The summed E-state index contributed by atoms with van der Waals surface area (Å²) in [5.74, 6) is 3.51. The summed E-state index contributed by atoms with van der Waals surface area (Å²) in [4.78, 5) is 12.3. The molecule has 4 aliphatic carbocycles. The minimum atomic E-state index is -0.497. The van der Waals surface area contributed by atoms with Crippen molar-refractivity contribution in [3.63, 3.8) is 0 Å². The molecule has 4 rings (SSSR count). The Balaban J connectivity index is 1.64. The zero-order valence-electron chi connectivity index (χ0n) is 17.9. The van der Waals surface area contributed by atoms with Gasteiger partial charge in [0.1, 0.15) is 5.78 Å². The van der Waals surface area contributed by atoms with E-state index < -0.39 is 5.60 Å². The van der Waals surface area contributed by atoms with Crippen LogP contribution in [0.1, 0.15) is 85.5 Å². The number of rotatable bonds is 4. The summed E-state index contributed by atoms with van der Waals surface area (Å²) in [6, 6.07) is 0. The minimum Gasteiger partial charge on any atom is -0.390 e. The average molecular weight is 377 g/mol. The van der Waals surface area contributed by atoms with Crippen LogP contribution < -0.4 is 0 Å². The van der Waals surface area contributed by atoms with Crippen LogP contribution in [-0.4, -0.2) is 29.7 Å². The Morgan fingerprint density at radius 2 is 1.81 bits per heavy atom. The SMILES string of the molecule is CCOC[C@]12CC[C@@](C)(O)C[C@H]1CC[C@H]1[C@@H]3CC[C@H](C(C)=O)[C@@]3(C)CC[C@@H]12. The van der Waals surface area contributed by atoms with E-state index in [1.807, 2.05) is 13.8 Å². The largest absolute Gasteiger partial charge is 0.390 e. The number of ketones is 1. The monoisotopic (exact) mass is 376 g/mol. The lowest BCUT2D eigenvalue weighted by Gasteiger charge is -2.62. The summed E-state index contributed by atoms with van der Waals surface area (Å²) in [6.07, 6.45) is 10.3. The van der Waals surface area contributed by atoms with Crippen LogP contribution in [0.25, 0.3) is 0 Å². The lowest BCUT2D eigenvalue weighted by molar-refractivity contribution is -0.178. The Morgan fingerprint density at radius 1 is 1.04 bits per heavy atom. The van der Waals surface area contributed by atoms with Gasteiger partial charge in [0, 0.05) is 12.5 Å². The van der Waals surface area contributed by atoms with Crippen LogP contribution in [0.15, 0.2) is 0 Å². The standard InChI is InChI=1S/C24H40O3/c1-5-27-15-24-13-12-22(3,26)14-17(24)6-7-18-20-9-8-19(16(2)25)23(20,4)11-10-21(18)24/h17-21,26H,5-15H2,1-4H3/t17-,18+,19-,20+,21+,22-,23-,24-/m1/s1. The summed E-state index contributed by atoms with van der Waals surface area (Å²) in [7, 11) is 0. The number of ether oxygens (including phenoxy) is 1. The maximum Gasteiger partial charge on any atom is 0.133 e. The Bertz CT molecular complexity index is 584. The summed E-state index contributed by atoms with van der Waals surface area (Å²) in [6.45, 7) is 10.1. The van der Waals surface area contributed by atoms with Gasteiger partial charge in [0.25, 0.3) is 0 Å². The van der Waals surface area contributed by atoms with Gasteiger partial charge < -0.3 is 9.84 Å². The van der Waals surface area contributed by atoms with E-state index in [9.17, 15) is 9.90 Å². The molecule has 4 fully saturated rings. The van der Waals surface area contributed by atoms with Gasteiger partial charge in [-0.2, -0.15) is 0 Å². The first kappa shape index (κ1) is 19.9. The molecule has 0 radical (unpaired) electrons. The topological polar surface area (TPSA) is 46.5 Å². The third-order valence-electron chi connectivity index (χ3n) is 9.72. The summed E-state index contributed by atoms with van der Waals surface area (Å²) < 4.78 is 6.11. The first-order valence-electron chi connectivity index (χ1n) is 11.5. The van der Waals surface area contributed by atoms with Crippen LogP contribution in [0.2, 0.25) is 0 Å². The molecule has 1 N–H and O–H groups in total. The van der Waals surface area contributed by atoms with Gasteiger partial charge in [0.2, 0.25) is 0 Å². The van der Waals surface area contributed by atoms with Crippen molar-refractivity contribution in [1.29, 1.82) is 0 Å². The number of hydrogen-bond acceptors (Lipinski definition) is 3. The summed E-state index contributed by atoms with van der Waals surface area (Å²) >= 11 is 0. The van der Waals surface area contributed by atoms with Gasteiger partial charge in [-0.1, -0.05) is 6.92 Å². The lowest BCUT2D eigenvalue weighted by atomic mass is 9.43. The van der Waals surface area contributed by atoms with E-state index in [1.165, 1.54) is 32.1 Å². The van der Waals surface area contributed by atoms with Gasteiger partial charge in [0.05, 0.1) is 12.2 Å². The van der Waals surface area contributed by atoms with Crippen molar-refractivity contribution in [3.05, 3.63) is 0 Å². The normalized spacial score (nSPS) is 52.0. The fraction of sp³-hybridized carbons (Fsp3) is 0.958. The third kappa shape index (κ3) is 3.03. The van der Waals surface area contributed by atoms with Crippen LogP contribution in [0.3, 0.4) is 0 Å². The van der Waals surface area contributed by atoms with Gasteiger partial charge in [0.15, 0.2) is 0 Å². The van der Waals surface area contributed by atoms with Crippen LogP contribution >= 0.6 is 0 Å². The van der Waals surface area contributed by atoms with Crippen LogP contribution in [-0.2, 0) is 9.53 Å². The molecule has 4 saturated carbocycles. The summed E-state index contributed by atoms with van der Waals surface area (Å²) in [5, 5.41) is 10.8. The summed E-state index contributed by atoms with van der Waals surface area (Å²) in [5.41, 5.74) is -0.00686.